The molecule has 0 fully saturated rings. The van der Waals surface area contributed by atoms with Crippen molar-refractivity contribution >= 4 is 16.9 Å². The van der Waals surface area contributed by atoms with Gasteiger partial charge in [-0.25, -0.2) is 0 Å². The Bertz CT molecular complexity index is 482. The summed E-state index contributed by atoms with van der Waals surface area (Å²) in [4.78, 5) is 4.58. The maximum atomic E-state index is 8.23. The zero-order valence-electron chi connectivity index (χ0n) is 11.1. The van der Waals surface area contributed by atoms with E-state index in [4.69, 9.17) is 9.52 Å². The van der Waals surface area contributed by atoms with Crippen LogP contribution in [0.15, 0.2) is 29.3 Å². The number of ether oxygens (including phenoxy) is 1. The molecule has 18 heavy (non-hydrogen) atoms. The molecular formula is C14H20N2OS. The molecular weight excluding hydrogens is 244 g/mol. The van der Waals surface area contributed by atoms with Crippen LogP contribution in [0.4, 0.5) is 0 Å². The minimum atomic E-state index is -0.412. The van der Waals surface area contributed by atoms with Crippen molar-refractivity contribution in [2.75, 3.05) is 12.9 Å². The van der Waals surface area contributed by atoms with Crippen LogP contribution in [0, 0.1) is 10.2 Å². The maximum Gasteiger partial charge on any atom is 0.122 e. The number of hydrogen-bond donors (Lipinski definition) is 1. The molecule has 0 aliphatic carbocycles. The van der Waals surface area contributed by atoms with Crippen LogP contribution in [0.25, 0.3) is 0 Å². The summed E-state index contributed by atoms with van der Waals surface area (Å²) in [5.41, 5.74) is 1.22. The minimum Gasteiger partial charge on any atom is -0.496 e. The Kier molecular flexibility index (Phi) is 3.85. The van der Waals surface area contributed by atoms with Crippen molar-refractivity contribution in [3.05, 3.63) is 29.8 Å². The van der Waals surface area contributed by atoms with Crippen molar-refractivity contribution in [2.24, 2.45) is 10.4 Å². The van der Waals surface area contributed by atoms with Crippen LogP contribution in [0.3, 0.4) is 0 Å². The highest BCUT2D eigenvalue weighted by Gasteiger charge is 2.27. The molecule has 3 nitrogen and oxygen atoms in total. The number of methoxy groups -OCH3 is 1. The van der Waals surface area contributed by atoms with Gasteiger partial charge in [0, 0.05) is 23.8 Å². The smallest absolute Gasteiger partial charge is 0.122 e. The van der Waals surface area contributed by atoms with Gasteiger partial charge in [0.25, 0.3) is 0 Å². The summed E-state index contributed by atoms with van der Waals surface area (Å²) in [5, 5.41) is 0.0781. The highest BCUT2D eigenvalue weighted by atomic mass is 32.2. The van der Waals surface area contributed by atoms with Gasteiger partial charge >= 0.3 is 0 Å². The SMILES string of the molecule is COc1ccccc1CC1N=CC(C)(C)CS1=N. The summed E-state index contributed by atoms with van der Waals surface area (Å²) in [6.07, 6.45) is 2.81. The van der Waals surface area contributed by atoms with E-state index in [1.54, 1.807) is 7.11 Å². The predicted molar refractivity (Wildman–Crippen MR) is 77.7 cm³/mol. The van der Waals surface area contributed by atoms with E-state index in [2.05, 4.69) is 24.9 Å². The summed E-state index contributed by atoms with van der Waals surface area (Å²) in [6.45, 7) is 4.29. The molecule has 0 saturated carbocycles. The molecule has 1 N–H and O–H groups in total. The first-order chi connectivity index (χ1) is 8.52. The van der Waals surface area contributed by atoms with Crippen molar-refractivity contribution < 1.29 is 4.74 Å². The molecule has 2 unspecified atom stereocenters. The molecule has 0 bridgehead atoms. The summed E-state index contributed by atoms with van der Waals surface area (Å²) >= 11 is 0. The van der Waals surface area contributed by atoms with Crippen LogP contribution in [0.1, 0.15) is 19.4 Å². The first-order valence-corrected chi connectivity index (χ1v) is 7.55. The molecule has 0 radical (unpaired) electrons. The van der Waals surface area contributed by atoms with Gasteiger partial charge in [-0.2, -0.15) is 0 Å². The average Bonchev–Trinajstić information content (AvgIpc) is 2.33. The highest BCUT2D eigenvalue weighted by molar-refractivity contribution is 7.86. The van der Waals surface area contributed by atoms with Crippen molar-refractivity contribution in [3.63, 3.8) is 0 Å². The minimum absolute atomic E-state index is 0.0716. The zero-order chi connectivity index (χ0) is 13.2. The molecule has 2 rings (SSSR count). The Morgan fingerprint density at radius 2 is 2.17 bits per heavy atom. The summed E-state index contributed by atoms with van der Waals surface area (Å²) in [7, 11) is 1.28. The third kappa shape index (κ3) is 2.99. The van der Waals surface area contributed by atoms with E-state index in [-0.39, 0.29) is 10.8 Å². The fourth-order valence-electron chi connectivity index (χ4n) is 2.11. The molecule has 98 valence electrons. The molecule has 2 atom stereocenters. The van der Waals surface area contributed by atoms with Crippen LogP contribution in [0.2, 0.25) is 0 Å². The van der Waals surface area contributed by atoms with E-state index < -0.39 is 10.7 Å². The number of nitrogens with one attached hydrogen (secondary N) is 1. The molecule has 1 aliphatic heterocycles. The van der Waals surface area contributed by atoms with E-state index in [1.165, 1.54) is 0 Å². The Morgan fingerprint density at radius 3 is 2.83 bits per heavy atom. The van der Waals surface area contributed by atoms with Gasteiger partial charge in [0.05, 0.1) is 7.11 Å². The fraction of sp³-hybridized carbons (Fsp3) is 0.500. The molecule has 0 spiro atoms. The number of nitrogens with zero attached hydrogens (tertiary/aromatic N) is 1. The standard InChI is InChI=1S/C14H20N2OS/c1-14(2)9-16-13(18(15)10-14)8-11-6-4-5-7-12(11)17-3/h4-7,9,13,15H,8,10H2,1-3H3. The first-order valence-electron chi connectivity index (χ1n) is 6.09. The van der Waals surface area contributed by atoms with Crippen LogP contribution in [0.5, 0.6) is 5.75 Å². The van der Waals surface area contributed by atoms with Gasteiger partial charge in [0.2, 0.25) is 0 Å². The van der Waals surface area contributed by atoms with Crippen LogP contribution in [-0.2, 0) is 17.1 Å². The van der Waals surface area contributed by atoms with Crippen molar-refractivity contribution in [3.8, 4) is 5.75 Å². The Morgan fingerprint density at radius 1 is 1.44 bits per heavy atom. The molecule has 1 aliphatic rings. The van der Waals surface area contributed by atoms with Crippen molar-refractivity contribution in [2.45, 2.75) is 25.6 Å². The second kappa shape index (κ2) is 5.22. The summed E-state index contributed by atoms with van der Waals surface area (Å²) in [5.74, 6) is 1.80. The zero-order valence-corrected chi connectivity index (χ0v) is 12.0. The molecule has 0 saturated heterocycles. The highest BCUT2D eigenvalue weighted by Crippen LogP contribution is 2.26. The molecule has 0 amide bonds. The Balaban J connectivity index is 2.17. The number of para-hydroxylation sites is 1. The Hall–Kier alpha value is -1.16. The van der Waals surface area contributed by atoms with Gasteiger partial charge in [-0.05, 0) is 11.6 Å². The predicted octanol–water partition coefficient (Wildman–Crippen LogP) is 3.06. The van der Waals surface area contributed by atoms with E-state index in [0.29, 0.717) is 0 Å². The van der Waals surface area contributed by atoms with Gasteiger partial charge in [0.1, 0.15) is 11.1 Å². The van der Waals surface area contributed by atoms with Gasteiger partial charge in [-0.1, -0.05) is 42.7 Å². The number of rotatable bonds is 3. The lowest BCUT2D eigenvalue weighted by Crippen LogP contribution is -2.33. The summed E-state index contributed by atoms with van der Waals surface area (Å²) in [6, 6.07) is 8.01. The molecule has 1 aromatic rings. The monoisotopic (exact) mass is 264 g/mol. The second-order valence-corrected chi connectivity index (χ2v) is 7.00. The van der Waals surface area contributed by atoms with Crippen LogP contribution < -0.4 is 4.74 Å². The Labute approximate surface area is 111 Å². The molecule has 1 aromatic carbocycles. The number of hydrogen-bond acceptors (Lipinski definition) is 3. The lowest BCUT2D eigenvalue weighted by molar-refractivity contribution is 0.409. The van der Waals surface area contributed by atoms with Crippen molar-refractivity contribution in [1.82, 2.24) is 0 Å². The fourth-order valence-corrected chi connectivity index (χ4v) is 3.76. The number of benzene rings is 1. The van der Waals surface area contributed by atoms with E-state index in [9.17, 15) is 0 Å². The molecule has 0 aromatic heterocycles. The van der Waals surface area contributed by atoms with Gasteiger partial charge in [-0.3, -0.25) is 9.77 Å². The van der Waals surface area contributed by atoms with Crippen LogP contribution in [-0.4, -0.2) is 24.5 Å². The van der Waals surface area contributed by atoms with E-state index >= 15 is 0 Å². The maximum absolute atomic E-state index is 8.23. The van der Waals surface area contributed by atoms with Gasteiger partial charge in [0.15, 0.2) is 0 Å². The summed E-state index contributed by atoms with van der Waals surface area (Å²) < 4.78 is 13.6. The normalized spacial score (nSPS) is 25.9. The molecule has 4 heteroatoms. The largest absolute Gasteiger partial charge is 0.496 e. The third-order valence-electron chi connectivity index (χ3n) is 3.03. The lowest BCUT2D eigenvalue weighted by atomic mass is 9.98. The van der Waals surface area contributed by atoms with Gasteiger partial charge in [-0.15, -0.1) is 0 Å². The van der Waals surface area contributed by atoms with E-state index in [0.717, 1.165) is 23.5 Å². The lowest BCUT2D eigenvalue weighted by Gasteiger charge is -2.29. The second-order valence-electron chi connectivity index (χ2n) is 5.31. The quantitative estimate of drug-likeness (QED) is 0.896. The topological polar surface area (TPSA) is 45.4 Å². The van der Waals surface area contributed by atoms with Crippen molar-refractivity contribution in [1.29, 1.82) is 4.78 Å². The third-order valence-corrected chi connectivity index (χ3v) is 5.03. The average molecular weight is 264 g/mol. The van der Waals surface area contributed by atoms with Crippen LogP contribution >= 0.6 is 0 Å². The number of aliphatic imine (C=N–C) groups is 1. The van der Waals surface area contributed by atoms with E-state index in [1.807, 2.05) is 24.4 Å². The first kappa shape index (κ1) is 13.3. The van der Waals surface area contributed by atoms with Gasteiger partial charge < -0.3 is 4.74 Å². The molecule has 1 heterocycles.